The van der Waals surface area contributed by atoms with Crippen molar-refractivity contribution in [2.45, 2.75) is 18.4 Å². The maximum Gasteiger partial charge on any atom is 0.200 e. The van der Waals surface area contributed by atoms with Crippen LogP contribution >= 0.6 is 0 Å². The van der Waals surface area contributed by atoms with Gasteiger partial charge >= 0.3 is 0 Å². The molecule has 1 aromatic carbocycles. The molecule has 1 N–H and O–H groups in total. The molecule has 4 heteroatoms. The van der Waals surface area contributed by atoms with Gasteiger partial charge in [0.25, 0.3) is 0 Å². The van der Waals surface area contributed by atoms with E-state index in [0.717, 1.165) is 16.7 Å². The molecule has 1 aliphatic rings. The molecule has 1 aromatic rings. The molecule has 80 valence electrons. The van der Waals surface area contributed by atoms with Gasteiger partial charge < -0.3 is 5.32 Å². The Hall–Kier alpha value is -1.13. The van der Waals surface area contributed by atoms with E-state index in [1.54, 1.807) is 6.07 Å². The first-order chi connectivity index (χ1) is 7.04. The van der Waals surface area contributed by atoms with E-state index in [0.29, 0.717) is 11.4 Å². The predicted molar refractivity (Wildman–Crippen MR) is 60.0 cm³/mol. The molecule has 0 fully saturated rings. The summed E-state index contributed by atoms with van der Waals surface area (Å²) < 4.78 is 23.4. The van der Waals surface area contributed by atoms with Crippen molar-refractivity contribution in [2.24, 2.45) is 0 Å². The van der Waals surface area contributed by atoms with E-state index in [2.05, 4.69) is 5.32 Å². The molecule has 0 unspecified atom stereocenters. The zero-order valence-electron chi connectivity index (χ0n) is 8.74. The third-order valence-corrected chi connectivity index (χ3v) is 4.10. The summed E-state index contributed by atoms with van der Waals surface area (Å²) in [6.07, 6.45) is 0. The summed E-state index contributed by atoms with van der Waals surface area (Å²) in [6, 6.07) is 5.57. The van der Waals surface area contributed by atoms with Crippen molar-refractivity contribution in [3.63, 3.8) is 0 Å². The van der Waals surface area contributed by atoms with Gasteiger partial charge in [-0.05, 0) is 36.7 Å². The predicted octanol–water partition coefficient (Wildman–Crippen LogP) is 1.55. The van der Waals surface area contributed by atoms with Crippen molar-refractivity contribution in [1.29, 1.82) is 0 Å². The Balaban J connectivity index is 2.57. The minimum Gasteiger partial charge on any atom is -0.316 e. The first-order valence-corrected chi connectivity index (χ1v) is 6.30. The molecule has 0 amide bonds. The third kappa shape index (κ3) is 1.70. The molecule has 0 bridgehead atoms. The fourth-order valence-electron chi connectivity index (χ4n) is 1.80. The summed E-state index contributed by atoms with van der Waals surface area (Å²) in [6.45, 7) is 2.50. The van der Waals surface area contributed by atoms with Gasteiger partial charge in [0.2, 0.25) is 9.84 Å². The van der Waals surface area contributed by atoms with Crippen LogP contribution in [0, 0.1) is 0 Å². The number of hydrogen-bond acceptors (Lipinski definition) is 3. The van der Waals surface area contributed by atoms with Gasteiger partial charge in [0.1, 0.15) is 0 Å². The van der Waals surface area contributed by atoms with Crippen molar-refractivity contribution in [3.05, 3.63) is 34.7 Å². The maximum absolute atomic E-state index is 11.7. The molecular formula is C11H13NO2S. The number of benzene rings is 1. The molecule has 0 saturated heterocycles. The normalized spacial score (nSPS) is 17.3. The van der Waals surface area contributed by atoms with E-state index in [1.807, 2.05) is 26.1 Å². The van der Waals surface area contributed by atoms with Crippen molar-refractivity contribution < 1.29 is 8.42 Å². The van der Waals surface area contributed by atoms with Gasteiger partial charge in [-0.2, -0.15) is 0 Å². The van der Waals surface area contributed by atoms with Crippen molar-refractivity contribution in [3.8, 4) is 0 Å². The van der Waals surface area contributed by atoms with Crippen molar-refractivity contribution in [1.82, 2.24) is 5.32 Å². The summed E-state index contributed by atoms with van der Waals surface area (Å²) in [5, 5.41) is 4.34. The van der Waals surface area contributed by atoms with Gasteiger partial charge in [-0.3, -0.25) is 0 Å². The quantitative estimate of drug-likeness (QED) is 0.827. The first kappa shape index (κ1) is 10.4. The molecule has 0 saturated carbocycles. The Morgan fingerprint density at radius 2 is 2.07 bits per heavy atom. The lowest BCUT2D eigenvalue weighted by Crippen LogP contribution is -2.06. The Morgan fingerprint density at radius 3 is 2.73 bits per heavy atom. The molecule has 0 atom stereocenters. The largest absolute Gasteiger partial charge is 0.316 e. The molecule has 0 aromatic heterocycles. The van der Waals surface area contributed by atoms with E-state index >= 15 is 0 Å². The van der Waals surface area contributed by atoms with Crippen LogP contribution in [-0.4, -0.2) is 15.5 Å². The number of allylic oxidation sites excluding steroid dienone is 1. The van der Waals surface area contributed by atoms with Crippen LogP contribution in [0.3, 0.4) is 0 Å². The van der Waals surface area contributed by atoms with Crippen LogP contribution in [0.15, 0.2) is 28.5 Å². The van der Waals surface area contributed by atoms with E-state index in [4.69, 9.17) is 0 Å². The zero-order chi connectivity index (χ0) is 11.1. The minimum atomic E-state index is -3.19. The van der Waals surface area contributed by atoms with E-state index < -0.39 is 9.84 Å². The lowest BCUT2D eigenvalue weighted by molar-refractivity contribution is 0.605. The van der Waals surface area contributed by atoms with Gasteiger partial charge in [-0.25, -0.2) is 8.42 Å². The highest BCUT2D eigenvalue weighted by molar-refractivity contribution is 7.95. The number of nitrogens with one attached hydrogen (secondary N) is 1. The second kappa shape index (κ2) is 3.47. The number of sulfone groups is 1. The molecule has 3 nitrogen and oxygen atoms in total. The summed E-state index contributed by atoms with van der Waals surface area (Å²) in [5.74, 6) is 0. The van der Waals surface area contributed by atoms with E-state index in [-0.39, 0.29) is 0 Å². The first-order valence-electron chi connectivity index (χ1n) is 4.76. The second-order valence-electron chi connectivity index (χ2n) is 3.71. The molecule has 0 aliphatic carbocycles. The van der Waals surface area contributed by atoms with Crippen molar-refractivity contribution in [2.75, 3.05) is 7.05 Å². The lowest BCUT2D eigenvalue weighted by atomic mass is 10.1. The highest BCUT2D eigenvalue weighted by atomic mass is 32.2. The maximum atomic E-state index is 11.7. The van der Waals surface area contributed by atoms with Gasteiger partial charge in [-0.1, -0.05) is 12.1 Å². The average molecular weight is 223 g/mol. The van der Waals surface area contributed by atoms with Crippen LogP contribution < -0.4 is 5.32 Å². The summed E-state index contributed by atoms with van der Waals surface area (Å²) in [5.41, 5.74) is 2.64. The number of fused-ring (bicyclic) bond motifs is 1. The second-order valence-corrected chi connectivity index (χ2v) is 5.47. The highest BCUT2D eigenvalue weighted by Gasteiger charge is 2.24. The van der Waals surface area contributed by atoms with E-state index in [1.165, 1.54) is 5.41 Å². The number of rotatable bonds is 2. The van der Waals surface area contributed by atoms with Crippen LogP contribution in [0.1, 0.15) is 18.1 Å². The minimum absolute atomic E-state index is 0.438. The highest BCUT2D eigenvalue weighted by Crippen LogP contribution is 2.33. The van der Waals surface area contributed by atoms with Gasteiger partial charge in [0, 0.05) is 12.0 Å². The molecule has 1 aliphatic heterocycles. The topological polar surface area (TPSA) is 46.2 Å². The van der Waals surface area contributed by atoms with Crippen LogP contribution in [-0.2, 0) is 16.4 Å². The van der Waals surface area contributed by atoms with Crippen LogP contribution in [0.25, 0.3) is 5.57 Å². The summed E-state index contributed by atoms with van der Waals surface area (Å²) >= 11 is 0. The van der Waals surface area contributed by atoms with E-state index in [9.17, 15) is 8.42 Å². The average Bonchev–Trinajstić information content (AvgIpc) is 2.38. The Kier molecular flexibility index (Phi) is 2.40. The molecule has 1 heterocycles. The van der Waals surface area contributed by atoms with Crippen LogP contribution in [0.4, 0.5) is 0 Å². The number of hydrogen-bond donors (Lipinski definition) is 1. The Morgan fingerprint density at radius 1 is 1.33 bits per heavy atom. The fourth-order valence-corrected chi connectivity index (χ4v) is 3.37. The Bertz CT molecular complexity index is 530. The molecule has 0 spiro atoms. The molecule has 15 heavy (non-hydrogen) atoms. The summed E-state index contributed by atoms with van der Waals surface area (Å²) in [4.78, 5) is 0.438. The van der Waals surface area contributed by atoms with Crippen molar-refractivity contribution >= 4 is 15.4 Å². The van der Waals surface area contributed by atoms with Gasteiger partial charge in [-0.15, -0.1) is 0 Å². The smallest absolute Gasteiger partial charge is 0.200 e. The standard InChI is InChI=1S/C11H13NO2S/c1-8-7-15(13,14)11-5-9(6-12-2)3-4-10(8)11/h3-5,7,12H,6H2,1-2H3. The van der Waals surface area contributed by atoms with Crippen LogP contribution in [0.2, 0.25) is 0 Å². The fraction of sp³-hybridized carbons (Fsp3) is 0.273. The molecule has 2 rings (SSSR count). The SMILES string of the molecule is CNCc1ccc2c(c1)S(=O)(=O)C=C2C. The third-order valence-electron chi connectivity index (χ3n) is 2.49. The molecular weight excluding hydrogens is 210 g/mol. The Labute approximate surface area is 89.7 Å². The lowest BCUT2D eigenvalue weighted by Gasteiger charge is -2.04. The van der Waals surface area contributed by atoms with Gasteiger partial charge in [0.15, 0.2) is 0 Å². The zero-order valence-corrected chi connectivity index (χ0v) is 9.56. The van der Waals surface area contributed by atoms with Gasteiger partial charge in [0.05, 0.1) is 4.90 Å². The monoisotopic (exact) mass is 223 g/mol. The molecule has 0 radical (unpaired) electrons. The van der Waals surface area contributed by atoms with Crippen LogP contribution in [0.5, 0.6) is 0 Å². The summed E-state index contributed by atoms with van der Waals surface area (Å²) in [7, 11) is -1.35.